The molecule has 4 rings (SSSR count). The maximum absolute atomic E-state index is 13.9. The Balaban J connectivity index is 0.00000196. The first-order valence-electron chi connectivity index (χ1n) is 8.99. The highest BCUT2D eigenvalue weighted by molar-refractivity contribution is 14.0. The number of hydrogen-bond donors (Lipinski definition) is 2. The van der Waals surface area contributed by atoms with E-state index in [4.69, 9.17) is 4.74 Å². The summed E-state index contributed by atoms with van der Waals surface area (Å²) in [4.78, 5) is 4.31. The van der Waals surface area contributed by atoms with Crippen molar-refractivity contribution in [3.05, 3.63) is 35.4 Å². The third-order valence-corrected chi connectivity index (χ3v) is 6.10. The third-order valence-electron chi connectivity index (χ3n) is 6.10. The van der Waals surface area contributed by atoms with Crippen LogP contribution < -0.4 is 10.6 Å². The molecule has 1 heterocycles. The van der Waals surface area contributed by atoms with Gasteiger partial charge < -0.3 is 15.4 Å². The van der Waals surface area contributed by atoms with Crippen molar-refractivity contribution in [2.75, 3.05) is 13.7 Å². The molecule has 7 heteroatoms. The van der Waals surface area contributed by atoms with Gasteiger partial charge in [-0.15, -0.1) is 24.0 Å². The number of ether oxygens (including phenoxy) is 1. The summed E-state index contributed by atoms with van der Waals surface area (Å²) >= 11 is 0. The molecule has 144 valence electrons. The van der Waals surface area contributed by atoms with Gasteiger partial charge in [-0.1, -0.05) is 19.9 Å². The lowest BCUT2D eigenvalue weighted by molar-refractivity contribution is -0.106. The fraction of sp³-hybridized carbons (Fsp3) is 0.632. The summed E-state index contributed by atoms with van der Waals surface area (Å²) in [6, 6.07) is 4.35. The van der Waals surface area contributed by atoms with Crippen molar-refractivity contribution in [3.63, 3.8) is 0 Å². The summed E-state index contributed by atoms with van der Waals surface area (Å²) in [5, 5.41) is 6.83. The number of nitrogens with one attached hydrogen (secondary N) is 2. The van der Waals surface area contributed by atoms with Crippen LogP contribution in [0.3, 0.4) is 0 Å². The van der Waals surface area contributed by atoms with Crippen LogP contribution in [-0.4, -0.2) is 37.8 Å². The maximum Gasteiger partial charge on any atom is 0.191 e. The van der Waals surface area contributed by atoms with Crippen LogP contribution in [0.25, 0.3) is 0 Å². The lowest BCUT2D eigenvalue weighted by Crippen LogP contribution is -2.68. The van der Waals surface area contributed by atoms with E-state index >= 15 is 0 Å². The first-order chi connectivity index (χ1) is 11.9. The molecule has 1 aliphatic heterocycles. The van der Waals surface area contributed by atoms with E-state index in [9.17, 15) is 8.78 Å². The molecule has 2 N–H and O–H groups in total. The molecule has 0 aromatic heterocycles. The largest absolute Gasteiger partial charge is 0.377 e. The predicted octanol–water partition coefficient (Wildman–Crippen LogP) is 3.42. The lowest BCUT2D eigenvalue weighted by atomic mass is 9.57. The minimum atomic E-state index is -0.469. The van der Waals surface area contributed by atoms with E-state index in [1.54, 1.807) is 7.05 Å². The fourth-order valence-electron chi connectivity index (χ4n) is 4.65. The Labute approximate surface area is 170 Å². The highest BCUT2D eigenvalue weighted by atomic mass is 127. The Bertz CT molecular complexity index is 692. The number of nitrogens with zero attached hydrogens (tertiary/aromatic N) is 1. The summed E-state index contributed by atoms with van der Waals surface area (Å²) in [5.74, 6) is 0.128. The van der Waals surface area contributed by atoms with Crippen molar-refractivity contribution >= 4 is 29.9 Å². The van der Waals surface area contributed by atoms with Crippen molar-refractivity contribution in [2.24, 2.45) is 16.3 Å². The molecule has 3 fully saturated rings. The van der Waals surface area contributed by atoms with Crippen LogP contribution in [0, 0.1) is 23.0 Å². The smallest absolute Gasteiger partial charge is 0.191 e. The quantitative estimate of drug-likeness (QED) is 0.399. The summed E-state index contributed by atoms with van der Waals surface area (Å²) in [7, 11) is 1.73. The zero-order valence-corrected chi connectivity index (χ0v) is 17.6. The van der Waals surface area contributed by atoms with Crippen LogP contribution in [-0.2, 0) is 4.74 Å². The molecule has 1 aromatic carbocycles. The van der Waals surface area contributed by atoms with Crippen molar-refractivity contribution in [1.29, 1.82) is 0 Å². The molecular weight excluding hydrogens is 451 g/mol. The van der Waals surface area contributed by atoms with E-state index < -0.39 is 11.6 Å². The second kappa shape index (κ2) is 7.22. The third kappa shape index (κ3) is 3.21. The molecule has 5 unspecified atom stereocenters. The fourth-order valence-corrected chi connectivity index (χ4v) is 4.65. The summed E-state index contributed by atoms with van der Waals surface area (Å²) in [5.41, 5.74) is 0.239. The van der Waals surface area contributed by atoms with Crippen LogP contribution >= 0.6 is 24.0 Å². The number of guanidine groups is 1. The van der Waals surface area contributed by atoms with Gasteiger partial charge in [0.25, 0.3) is 0 Å². The van der Waals surface area contributed by atoms with Gasteiger partial charge in [-0.2, -0.15) is 0 Å². The molecule has 0 radical (unpaired) electrons. The van der Waals surface area contributed by atoms with Crippen molar-refractivity contribution in [3.8, 4) is 0 Å². The molecule has 3 aliphatic rings. The Morgan fingerprint density at radius 2 is 1.92 bits per heavy atom. The molecule has 0 spiro atoms. The average molecular weight is 477 g/mol. The number of fused-ring (bicyclic) bond motifs is 1. The van der Waals surface area contributed by atoms with E-state index in [1.807, 2.05) is 0 Å². The Hall–Kier alpha value is -0.960. The molecule has 1 saturated heterocycles. The average Bonchev–Trinajstić information content (AvgIpc) is 3.15. The maximum atomic E-state index is 13.9. The topological polar surface area (TPSA) is 45.7 Å². The van der Waals surface area contributed by atoms with Gasteiger partial charge in [0.05, 0.1) is 6.10 Å². The van der Waals surface area contributed by atoms with Gasteiger partial charge in [0, 0.05) is 48.6 Å². The zero-order valence-electron chi connectivity index (χ0n) is 15.3. The Morgan fingerprint density at radius 1 is 1.23 bits per heavy atom. The molecular formula is C19H26F2IN3O. The van der Waals surface area contributed by atoms with Crippen molar-refractivity contribution < 1.29 is 13.5 Å². The monoisotopic (exact) mass is 477 g/mol. The lowest BCUT2D eigenvalue weighted by Gasteiger charge is -2.54. The number of benzene rings is 1. The van der Waals surface area contributed by atoms with E-state index in [0.29, 0.717) is 30.4 Å². The second-order valence-electron chi connectivity index (χ2n) is 7.99. The van der Waals surface area contributed by atoms with E-state index in [-0.39, 0.29) is 46.9 Å². The summed E-state index contributed by atoms with van der Waals surface area (Å²) < 4.78 is 33.7. The van der Waals surface area contributed by atoms with Gasteiger partial charge in [0.15, 0.2) is 5.96 Å². The normalized spacial score (nSPS) is 34.3. The zero-order chi connectivity index (χ0) is 17.8. The van der Waals surface area contributed by atoms with Gasteiger partial charge >= 0.3 is 0 Å². The predicted molar refractivity (Wildman–Crippen MR) is 108 cm³/mol. The van der Waals surface area contributed by atoms with Gasteiger partial charge in [0.2, 0.25) is 0 Å². The molecule has 5 atom stereocenters. The number of halogens is 3. The Kier molecular flexibility index (Phi) is 5.50. The van der Waals surface area contributed by atoms with Gasteiger partial charge in [-0.05, 0) is 25.0 Å². The number of hydrogen-bond acceptors (Lipinski definition) is 2. The highest BCUT2D eigenvalue weighted by Crippen LogP contribution is 2.52. The number of aliphatic imine (C=N–C) groups is 1. The second-order valence-corrected chi connectivity index (χ2v) is 7.99. The first kappa shape index (κ1) is 19.8. The minimum absolute atomic E-state index is 0. The number of rotatable bonds is 3. The van der Waals surface area contributed by atoms with Crippen LogP contribution in [0.5, 0.6) is 0 Å². The van der Waals surface area contributed by atoms with Crippen molar-refractivity contribution in [1.82, 2.24) is 10.6 Å². The minimum Gasteiger partial charge on any atom is -0.377 e. The van der Waals surface area contributed by atoms with Crippen LogP contribution in [0.4, 0.5) is 8.78 Å². The standard InChI is InChI=1S/C19H25F2N3O.HI/c1-19(2)16(10-7-8-25-17(10)19)24-18(22-3)23-14-9-11(14)15-12(20)5-4-6-13(15)21;/h4-6,10-11,14,16-17H,7-9H2,1-3H3,(H2,22,23,24);1H. The first-order valence-corrected chi connectivity index (χ1v) is 8.99. The van der Waals surface area contributed by atoms with Gasteiger partial charge in [-0.25, -0.2) is 8.78 Å². The van der Waals surface area contributed by atoms with Gasteiger partial charge in [0.1, 0.15) is 11.6 Å². The molecule has 0 amide bonds. The van der Waals surface area contributed by atoms with Crippen LogP contribution in [0.15, 0.2) is 23.2 Å². The Morgan fingerprint density at radius 3 is 2.58 bits per heavy atom. The SMILES string of the molecule is CN=C(NC1CC1c1c(F)cccc1F)NC1C2CCOC2C1(C)C.I. The molecule has 0 bridgehead atoms. The highest BCUT2D eigenvalue weighted by Gasteiger charge is 2.59. The van der Waals surface area contributed by atoms with E-state index in [1.165, 1.54) is 18.2 Å². The summed E-state index contributed by atoms with van der Waals surface area (Å²) in [6.45, 7) is 5.23. The molecule has 4 nitrogen and oxygen atoms in total. The molecule has 2 aliphatic carbocycles. The summed E-state index contributed by atoms with van der Waals surface area (Å²) in [6.07, 6.45) is 2.08. The van der Waals surface area contributed by atoms with E-state index in [0.717, 1.165) is 13.0 Å². The molecule has 1 aromatic rings. The van der Waals surface area contributed by atoms with Crippen LogP contribution in [0.2, 0.25) is 0 Å². The van der Waals surface area contributed by atoms with Crippen molar-refractivity contribution in [2.45, 2.75) is 50.8 Å². The van der Waals surface area contributed by atoms with Gasteiger partial charge in [-0.3, -0.25) is 4.99 Å². The van der Waals surface area contributed by atoms with Crippen LogP contribution in [0.1, 0.15) is 38.2 Å². The van der Waals surface area contributed by atoms with E-state index in [2.05, 4.69) is 29.5 Å². The molecule has 2 saturated carbocycles. The molecule has 26 heavy (non-hydrogen) atoms.